The molecule has 0 bridgehead atoms. The Morgan fingerprint density at radius 1 is 1.19 bits per heavy atom. The molecule has 26 heavy (non-hydrogen) atoms. The molecule has 1 aliphatic heterocycles. The molecule has 1 saturated heterocycles. The molecule has 1 aliphatic rings. The molecule has 7 heteroatoms. The number of halogens is 2. The van der Waals surface area contributed by atoms with Crippen LogP contribution in [0.2, 0.25) is 5.02 Å². The van der Waals surface area contributed by atoms with Crippen molar-refractivity contribution in [3.63, 3.8) is 0 Å². The van der Waals surface area contributed by atoms with E-state index in [1.807, 2.05) is 19.2 Å². The number of aliphatic imine (C=N–C) groups is 1. The van der Waals surface area contributed by atoms with Gasteiger partial charge in [0.2, 0.25) is 0 Å². The molecule has 1 atom stereocenters. The van der Waals surface area contributed by atoms with Crippen molar-refractivity contribution in [2.24, 2.45) is 10.9 Å². The van der Waals surface area contributed by atoms with Crippen LogP contribution in [-0.2, 0) is 4.74 Å². The predicted molar refractivity (Wildman–Crippen MR) is 121 cm³/mol. The van der Waals surface area contributed by atoms with Crippen LogP contribution >= 0.6 is 35.6 Å². The molecule has 0 aliphatic carbocycles. The first kappa shape index (κ1) is 23.5. The molecular weight excluding hydrogens is 463 g/mol. The van der Waals surface area contributed by atoms with E-state index in [0.717, 1.165) is 56.8 Å². The van der Waals surface area contributed by atoms with Gasteiger partial charge in [0.25, 0.3) is 0 Å². The fourth-order valence-electron chi connectivity index (χ4n) is 2.93. The molecule has 5 nitrogen and oxygen atoms in total. The van der Waals surface area contributed by atoms with Gasteiger partial charge < -0.3 is 15.4 Å². The van der Waals surface area contributed by atoms with Crippen LogP contribution in [0.1, 0.15) is 31.9 Å². The fraction of sp³-hybridized carbons (Fsp3) is 0.632. The van der Waals surface area contributed by atoms with Crippen LogP contribution in [0.5, 0.6) is 0 Å². The Morgan fingerprint density at radius 3 is 2.42 bits per heavy atom. The first-order chi connectivity index (χ1) is 12.1. The van der Waals surface area contributed by atoms with Gasteiger partial charge in [-0.25, -0.2) is 0 Å². The summed E-state index contributed by atoms with van der Waals surface area (Å²) in [7, 11) is 1.82. The lowest BCUT2D eigenvalue weighted by molar-refractivity contribution is 0.0170. The minimum absolute atomic E-state index is 0. The third-order valence-corrected chi connectivity index (χ3v) is 4.69. The van der Waals surface area contributed by atoms with Gasteiger partial charge in [0.05, 0.1) is 19.3 Å². The summed E-state index contributed by atoms with van der Waals surface area (Å²) in [5.41, 5.74) is 1.26. The molecule has 0 aromatic heterocycles. The maximum atomic E-state index is 6.06. The number of rotatable bonds is 7. The Hall–Kier alpha value is -0.570. The molecule has 1 fully saturated rings. The second kappa shape index (κ2) is 12.8. The third-order valence-electron chi connectivity index (χ3n) is 4.44. The van der Waals surface area contributed by atoms with Crippen LogP contribution in [0.3, 0.4) is 0 Å². The van der Waals surface area contributed by atoms with Gasteiger partial charge in [-0.3, -0.25) is 9.89 Å². The second-order valence-electron chi connectivity index (χ2n) is 6.78. The fourth-order valence-corrected chi connectivity index (χ4v) is 3.05. The van der Waals surface area contributed by atoms with Crippen molar-refractivity contribution in [2.45, 2.75) is 26.3 Å². The Balaban J connectivity index is 0.00000338. The van der Waals surface area contributed by atoms with E-state index >= 15 is 0 Å². The van der Waals surface area contributed by atoms with E-state index in [0.29, 0.717) is 5.92 Å². The highest BCUT2D eigenvalue weighted by atomic mass is 127. The van der Waals surface area contributed by atoms with Gasteiger partial charge in [0.1, 0.15) is 0 Å². The standard InChI is InChI=1S/C19H31ClN4O.HI/c1-15(2)8-9-22-19(21-3)23-14-18(24-10-12-25-13-11-24)16-4-6-17(20)7-5-16;/h4-7,15,18H,8-14H2,1-3H3,(H2,21,22,23);1H. The third kappa shape index (κ3) is 7.98. The van der Waals surface area contributed by atoms with Crippen LogP contribution in [0, 0.1) is 5.92 Å². The van der Waals surface area contributed by atoms with E-state index in [9.17, 15) is 0 Å². The molecule has 148 valence electrons. The summed E-state index contributed by atoms with van der Waals surface area (Å²) in [6.45, 7) is 9.63. The molecule has 2 rings (SSSR count). The van der Waals surface area contributed by atoms with Crippen molar-refractivity contribution in [3.8, 4) is 0 Å². The molecule has 0 amide bonds. The molecule has 0 saturated carbocycles. The minimum atomic E-state index is 0. The maximum Gasteiger partial charge on any atom is 0.191 e. The minimum Gasteiger partial charge on any atom is -0.379 e. The highest BCUT2D eigenvalue weighted by Gasteiger charge is 2.22. The summed E-state index contributed by atoms with van der Waals surface area (Å²) in [6, 6.07) is 8.41. The number of ether oxygens (including phenoxy) is 1. The SMILES string of the molecule is CN=C(NCCC(C)C)NCC(c1ccc(Cl)cc1)N1CCOCC1.I. The van der Waals surface area contributed by atoms with Crippen molar-refractivity contribution in [2.75, 3.05) is 46.4 Å². The molecule has 1 aromatic rings. The average molecular weight is 495 g/mol. The van der Waals surface area contributed by atoms with Gasteiger partial charge >= 0.3 is 0 Å². The van der Waals surface area contributed by atoms with Gasteiger partial charge in [-0.2, -0.15) is 0 Å². The van der Waals surface area contributed by atoms with Crippen LogP contribution in [0.15, 0.2) is 29.3 Å². The molecule has 0 spiro atoms. The van der Waals surface area contributed by atoms with Crippen LogP contribution in [-0.4, -0.2) is 57.3 Å². The lowest BCUT2D eigenvalue weighted by Gasteiger charge is -2.35. The van der Waals surface area contributed by atoms with Crippen molar-refractivity contribution >= 4 is 41.5 Å². The number of nitrogens with zero attached hydrogens (tertiary/aromatic N) is 2. The van der Waals surface area contributed by atoms with Crippen molar-refractivity contribution in [3.05, 3.63) is 34.9 Å². The zero-order valence-electron chi connectivity index (χ0n) is 16.0. The van der Waals surface area contributed by atoms with E-state index in [1.165, 1.54) is 5.56 Å². The van der Waals surface area contributed by atoms with Crippen molar-refractivity contribution in [1.82, 2.24) is 15.5 Å². The maximum absolute atomic E-state index is 6.06. The summed E-state index contributed by atoms with van der Waals surface area (Å²) in [6.07, 6.45) is 1.13. The topological polar surface area (TPSA) is 48.9 Å². The van der Waals surface area contributed by atoms with E-state index in [4.69, 9.17) is 16.3 Å². The van der Waals surface area contributed by atoms with Gasteiger partial charge in [0, 0.05) is 38.2 Å². The Labute approximate surface area is 179 Å². The second-order valence-corrected chi connectivity index (χ2v) is 7.21. The number of nitrogens with one attached hydrogen (secondary N) is 2. The number of morpholine rings is 1. The van der Waals surface area contributed by atoms with Crippen molar-refractivity contribution < 1.29 is 4.74 Å². The molecule has 2 N–H and O–H groups in total. The Morgan fingerprint density at radius 2 is 1.85 bits per heavy atom. The van der Waals surface area contributed by atoms with Crippen LogP contribution in [0.25, 0.3) is 0 Å². The molecular formula is C19H32ClIN4O. The predicted octanol–water partition coefficient (Wildman–Crippen LogP) is 3.54. The molecule has 0 radical (unpaired) electrons. The summed E-state index contributed by atoms with van der Waals surface area (Å²) < 4.78 is 5.51. The van der Waals surface area contributed by atoms with Gasteiger partial charge in [-0.15, -0.1) is 24.0 Å². The van der Waals surface area contributed by atoms with Gasteiger partial charge in [-0.1, -0.05) is 37.6 Å². The summed E-state index contributed by atoms with van der Waals surface area (Å²) >= 11 is 6.06. The number of hydrogen-bond acceptors (Lipinski definition) is 3. The van der Waals surface area contributed by atoms with E-state index < -0.39 is 0 Å². The van der Waals surface area contributed by atoms with E-state index in [-0.39, 0.29) is 30.0 Å². The largest absolute Gasteiger partial charge is 0.379 e. The number of hydrogen-bond donors (Lipinski definition) is 2. The quantitative estimate of drug-likeness (QED) is 0.346. The lowest BCUT2D eigenvalue weighted by atomic mass is 10.0. The summed E-state index contributed by atoms with van der Waals surface area (Å²) in [5.74, 6) is 1.54. The molecule has 1 unspecified atom stereocenters. The molecule has 1 aromatic carbocycles. The normalized spacial score (nSPS) is 16.9. The smallest absolute Gasteiger partial charge is 0.191 e. The Kier molecular flexibility index (Phi) is 11.5. The van der Waals surface area contributed by atoms with Crippen molar-refractivity contribution in [1.29, 1.82) is 0 Å². The zero-order valence-corrected chi connectivity index (χ0v) is 19.1. The highest BCUT2D eigenvalue weighted by Crippen LogP contribution is 2.23. The first-order valence-corrected chi connectivity index (χ1v) is 9.49. The van der Waals surface area contributed by atoms with Crippen LogP contribution < -0.4 is 10.6 Å². The molecule has 1 heterocycles. The van der Waals surface area contributed by atoms with Gasteiger partial charge in [0.15, 0.2) is 5.96 Å². The highest BCUT2D eigenvalue weighted by molar-refractivity contribution is 14.0. The van der Waals surface area contributed by atoms with Crippen LogP contribution in [0.4, 0.5) is 0 Å². The monoisotopic (exact) mass is 494 g/mol. The first-order valence-electron chi connectivity index (χ1n) is 9.12. The Bertz CT molecular complexity index is 533. The number of benzene rings is 1. The van der Waals surface area contributed by atoms with E-state index in [1.54, 1.807) is 0 Å². The zero-order chi connectivity index (χ0) is 18.1. The lowest BCUT2D eigenvalue weighted by Crippen LogP contribution is -2.46. The summed E-state index contributed by atoms with van der Waals surface area (Å²) in [5, 5.41) is 7.64. The number of guanidine groups is 1. The average Bonchev–Trinajstić information content (AvgIpc) is 2.62. The van der Waals surface area contributed by atoms with E-state index in [2.05, 4.69) is 46.5 Å². The van der Waals surface area contributed by atoms with Gasteiger partial charge in [-0.05, 0) is 30.0 Å². The summed E-state index contributed by atoms with van der Waals surface area (Å²) in [4.78, 5) is 6.80.